The van der Waals surface area contributed by atoms with E-state index in [9.17, 15) is 0 Å². The molecule has 5 rings (SSSR count). The predicted octanol–water partition coefficient (Wildman–Crippen LogP) is 4.45. The second-order valence-corrected chi connectivity index (χ2v) is 7.23. The number of hydrogen-bond acceptors (Lipinski definition) is 5. The summed E-state index contributed by atoms with van der Waals surface area (Å²) in [6, 6.07) is 7.77. The molecule has 1 aliphatic heterocycles. The standard InChI is InChI=1S/C21H19N5O2/c1-13-9-16(6-7-27-13)26-20(11-15-5-8-28-25-15)24-19-12-23-18-4-3-14(22-2)10-17(18)21(19)26/h3-5,8,10,12-13,16H,6-7,9,11H2,1H3/t13-,16+/m0/s1. The van der Waals surface area contributed by atoms with E-state index in [1.54, 1.807) is 6.26 Å². The van der Waals surface area contributed by atoms with Crippen molar-refractivity contribution in [2.75, 3.05) is 6.61 Å². The highest BCUT2D eigenvalue weighted by atomic mass is 16.5. The van der Waals surface area contributed by atoms with Crippen LogP contribution in [0.25, 0.3) is 26.8 Å². The summed E-state index contributed by atoms with van der Waals surface area (Å²) < 4.78 is 13.1. The lowest BCUT2D eigenvalue weighted by atomic mass is 10.0. The fraction of sp³-hybridized carbons (Fsp3) is 0.333. The fourth-order valence-electron chi connectivity index (χ4n) is 4.10. The van der Waals surface area contributed by atoms with E-state index in [4.69, 9.17) is 20.8 Å². The molecule has 1 aliphatic rings. The summed E-state index contributed by atoms with van der Waals surface area (Å²) in [5.74, 6) is 0.936. The van der Waals surface area contributed by atoms with Crippen molar-refractivity contribution in [2.45, 2.75) is 38.3 Å². The molecule has 2 atom stereocenters. The van der Waals surface area contributed by atoms with Gasteiger partial charge in [-0.2, -0.15) is 0 Å². The molecule has 0 aliphatic carbocycles. The highest BCUT2D eigenvalue weighted by Gasteiger charge is 2.26. The molecule has 0 spiro atoms. The lowest BCUT2D eigenvalue weighted by Crippen LogP contribution is -2.26. The molecule has 4 heterocycles. The van der Waals surface area contributed by atoms with E-state index in [1.165, 1.54) is 0 Å². The topological polar surface area (TPSA) is 70.3 Å². The number of nitrogens with zero attached hydrogens (tertiary/aromatic N) is 5. The van der Waals surface area contributed by atoms with Gasteiger partial charge in [-0.15, -0.1) is 0 Å². The Balaban J connectivity index is 1.77. The van der Waals surface area contributed by atoms with Gasteiger partial charge in [-0.3, -0.25) is 4.98 Å². The first kappa shape index (κ1) is 16.9. The van der Waals surface area contributed by atoms with Gasteiger partial charge in [0.05, 0.1) is 42.0 Å². The van der Waals surface area contributed by atoms with Crippen molar-refractivity contribution < 1.29 is 9.26 Å². The second-order valence-electron chi connectivity index (χ2n) is 7.23. The third kappa shape index (κ3) is 2.83. The van der Waals surface area contributed by atoms with Crippen LogP contribution < -0.4 is 0 Å². The van der Waals surface area contributed by atoms with Crippen LogP contribution in [0.5, 0.6) is 0 Å². The molecule has 3 aromatic heterocycles. The predicted molar refractivity (Wildman–Crippen MR) is 104 cm³/mol. The zero-order valence-corrected chi connectivity index (χ0v) is 15.5. The van der Waals surface area contributed by atoms with Gasteiger partial charge in [-0.25, -0.2) is 9.83 Å². The Morgan fingerprint density at radius 2 is 2.21 bits per heavy atom. The molecule has 0 N–H and O–H groups in total. The number of hydrogen-bond donors (Lipinski definition) is 0. The van der Waals surface area contributed by atoms with E-state index in [-0.39, 0.29) is 12.1 Å². The summed E-state index contributed by atoms with van der Waals surface area (Å²) in [5, 5.41) is 5.03. The zero-order chi connectivity index (χ0) is 19.1. The average Bonchev–Trinajstić information content (AvgIpc) is 3.35. The highest BCUT2D eigenvalue weighted by molar-refractivity contribution is 6.03. The molecule has 0 amide bonds. The van der Waals surface area contributed by atoms with Gasteiger partial charge in [0.15, 0.2) is 5.69 Å². The van der Waals surface area contributed by atoms with Crippen LogP contribution in [-0.2, 0) is 11.2 Å². The average molecular weight is 373 g/mol. The maximum Gasteiger partial charge on any atom is 0.188 e. The molecule has 0 bridgehead atoms. The van der Waals surface area contributed by atoms with Crippen molar-refractivity contribution in [3.63, 3.8) is 0 Å². The van der Waals surface area contributed by atoms with Gasteiger partial charge < -0.3 is 13.8 Å². The molecule has 140 valence electrons. The third-order valence-corrected chi connectivity index (χ3v) is 5.35. The first-order valence-corrected chi connectivity index (χ1v) is 9.41. The molecule has 0 radical (unpaired) electrons. The fourth-order valence-corrected chi connectivity index (χ4v) is 4.10. The van der Waals surface area contributed by atoms with Crippen LogP contribution in [0.4, 0.5) is 5.69 Å². The number of aromatic nitrogens is 4. The number of fused-ring (bicyclic) bond motifs is 3. The Bertz CT molecular complexity index is 1190. The minimum absolute atomic E-state index is 0.197. The number of ether oxygens (including phenoxy) is 1. The minimum atomic E-state index is 0.197. The van der Waals surface area contributed by atoms with Gasteiger partial charge in [0.1, 0.15) is 17.6 Å². The van der Waals surface area contributed by atoms with Gasteiger partial charge in [-0.1, -0.05) is 11.2 Å². The van der Waals surface area contributed by atoms with Crippen molar-refractivity contribution in [3.8, 4) is 0 Å². The van der Waals surface area contributed by atoms with Gasteiger partial charge in [0, 0.05) is 24.1 Å². The first-order valence-electron chi connectivity index (χ1n) is 9.41. The van der Waals surface area contributed by atoms with Gasteiger partial charge in [-0.05, 0) is 31.9 Å². The molecule has 1 saturated heterocycles. The number of benzene rings is 1. The summed E-state index contributed by atoms with van der Waals surface area (Å²) in [4.78, 5) is 13.1. The number of imidazole rings is 1. The van der Waals surface area contributed by atoms with E-state index >= 15 is 0 Å². The minimum Gasteiger partial charge on any atom is -0.378 e. The second kappa shape index (κ2) is 6.73. The summed E-state index contributed by atoms with van der Waals surface area (Å²) in [6.45, 7) is 10.2. The summed E-state index contributed by atoms with van der Waals surface area (Å²) >= 11 is 0. The van der Waals surface area contributed by atoms with Gasteiger partial charge in [0.2, 0.25) is 0 Å². The van der Waals surface area contributed by atoms with E-state index in [0.717, 1.165) is 52.9 Å². The molecular formula is C21H19N5O2. The van der Waals surface area contributed by atoms with E-state index in [0.29, 0.717) is 12.1 Å². The molecule has 28 heavy (non-hydrogen) atoms. The largest absolute Gasteiger partial charge is 0.378 e. The van der Waals surface area contributed by atoms with Crippen LogP contribution >= 0.6 is 0 Å². The molecule has 0 saturated carbocycles. The molecule has 7 nitrogen and oxygen atoms in total. The highest BCUT2D eigenvalue weighted by Crippen LogP contribution is 2.35. The molecule has 4 aromatic rings. The SMILES string of the molecule is [C-]#[N+]c1ccc2ncc3nc(Cc4ccon4)n([C@@H]4CCO[C@@H](C)C4)c3c2c1. The van der Waals surface area contributed by atoms with Crippen molar-refractivity contribution in [1.29, 1.82) is 0 Å². The van der Waals surface area contributed by atoms with Gasteiger partial charge in [0.25, 0.3) is 0 Å². The Hall–Kier alpha value is -3.24. The third-order valence-electron chi connectivity index (χ3n) is 5.35. The van der Waals surface area contributed by atoms with E-state index < -0.39 is 0 Å². The molecule has 7 heteroatoms. The Labute approximate surface area is 161 Å². The van der Waals surface area contributed by atoms with Crippen molar-refractivity contribution >= 4 is 27.6 Å². The quantitative estimate of drug-likeness (QED) is 0.496. The van der Waals surface area contributed by atoms with Crippen LogP contribution in [0.3, 0.4) is 0 Å². The Morgan fingerprint density at radius 1 is 1.29 bits per heavy atom. The number of pyridine rings is 1. The molecular weight excluding hydrogens is 354 g/mol. The molecule has 0 unspecified atom stereocenters. The van der Waals surface area contributed by atoms with Crippen LogP contribution in [0.2, 0.25) is 0 Å². The van der Waals surface area contributed by atoms with E-state index in [1.807, 2.05) is 30.5 Å². The first-order chi connectivity index (χ1) is 13.7. The van der Waals surface area contributed by atoms with Gasteiger partial charge >= 0.3 is 0 Å². The normalized spacial score (nSPS) is 19.9. The van der Waals surface area contributed by atoms with E-state index in [2.05, 4.69) is 26.5 Å². The Kier molecular flexibility index (Phi) is 4.06. The monoisotopic (exact) mass is 373 g/mol. The summed E-state index contributed by atoms with van der Waals surface area (Å²) in [7, 11) is 0. The zero-order valence-electron chi connectivity index (χ0n) is 15.5. The molecule has 1 aromatic carbocycles. The lowest BCUT2D eigenvalue weighted by Gasteiger charge is -2.30. The number of rotatable bonds is 3. The van der Waals surface area contributed by atoms with Crippen molar-refractivity contribution in [2.24, 2.45) is 0 Å². The Morgan fingerprint density at radius 3 is 3.00 bits per heavy atom. The molecule has 1 fully saturated rings. The lowest BCUT2D eigenvalue weighted by molar-refractivity contribution is 0.00630. The van der Waals surface area contributed by atoms with Crippen LogP contribution in [0, 0.1) is 6.57 Å². The van der Waals surface area contributed by atoms with Crippen molar-refractivity contribution in [3.05, 3.63) is 59.7 Å². The van der Waals surface area contributed by atoms with Crippen LogP contribution in [-0.4, -0.2) is 32.4 Å². The van der Waals surface area contributed by atoms with Crippen molar-refractivity contribution in [1.82, 2.24) is 19.7 Å². The summed E-state index contributed by atoms with van der Waals surface area (Å²) in [6.07, 6.45) is 6.03. The maximum absolute atomic E-state index is 7.39. The van der Waals surface area contributed by atoms with Crippen LogP contribution in [0.1, 0.15) is 37.3 Å². The van der Waals surface area contributed by atoms with Crippen LogP contribution in [0.15, 0.2) is 41.2 Å². The maximum atomic E-state index is 7.39. The summed E-state index contributed by atoms with van der Waals surface area (Å²) in [5.41, 5.74) is 4.19. The smallest absolute Gasteiger partial charge is 0.188 e.